The predicted molar refractivity (Wildman–Crippen MR) is 44.1 cm³/mol. The monoisotopic (exact) mass is 138 g/mol. The van der Waals surface area contributed by atoms with E-state index in [0.717, 1.165) is 0 Å². The van der Waals surface area contributed by atoms with Gasteiger partial charge < -0.3 is 0 Å². The van der Waals surface area contributed by atoms with E-state index in [0.29, 0.717) is 0 Å². The van der Waals surface area contributed by atoms with Crippen molar-refractivity contribution in [1.82, 2.24) is 0 Å². The van der Waals surface area contributed by atoms with Crippen molar-refractivity contribution in [3.05, 3.63) is 10.8 Å². The molecule has 0 bridgehead atoms. The molecular weight excluding hydrogens is 124 g/mol. The average molecular weight is 139 g/mol. The highest BCUT2D eigenvalue weighted by molar-refractivity contribution is 6.83. The van der Waals surface area contributed by atoms with Gasteiger partial charge in [-0.2, -0.15) is 0 Å². The Morgan fingerprint density at radius 1 is 1.50 bits per heavy atom. The first-order chi connectivity index (χ1) is 3.56. The first kappa shape index (κ1) is 8.72. The highest BCUT2D eigenvalue weighted by Crippen LogP contribution is 2.05. The Morgan fingerprint density at radius 3 is 2.12 bits per heavy atom. The molecule has 0 spiro atoms. The molecule has 0 aliphatic rings. The number of hydrogen-bond donors (Lipinski definition) is 0. The van der Waals surface area contributed by atoms with Gasteiger partial charge in [0.15, 0.2) is 0 Å². The normalized spacial score (nSPS) is 10.4. The topological polar surface area (TPSA) is 0 Å². The zero-order chi connectivity index (χ0) is 6.62. The molecule has 0 fully saturated rings. The third-order valence-corrected chi connectivity index (χ3v) is 8.66. The summed E-state index contributed by atoms with van der Waals surface area (Å²) in [6.45, 7) is 11.0. The summed E-state index contributed by atoms with van der Waals surface area (Å²) in [6.07, 6.45) is 0. The Balaban J connectivity index is 3.24. The van der Waals surface area contributed by atoms with Gasteiger partial charge in [-0.3, -0.25) is 0 Å². The van der Waals surface area contributed by atoms with Crippen LogP contribution in [0.5, 0.6) is 0 Å². The first-order valence-electron chi connectivity index (χ1n) is 3.17. The van der Waals surface area contributed by atoms with Gasteiger partial charge in [0, 0.05) is 8.07 Å². The molecule has 0 aliphatic heterocycles. The summed E-state index contributed by atoms with van der Waals surface area (Å²) < 4.78 is 3.68. The molecule has 0 radical (unpaired) electrons. The summed E-state index contributed by atoms with van der Waals surface area (Å²) in [4.78, 5) is 0. The molecule has 0 aromatic carbocycles. The molecule has 2 heteroatoms. The summed E-state index contributed by atoms with van der Waals surface area (Å²) in [5.41, 5.74) is 0. The molecule has 0 amide bonds. The third-order valence-electron chi connectivity index (χ3n) is 1.10. The second-order valence-corrected chi connectivity index (χ2v) is 11.7. The lowest BCUT2D eigenvalue weighted by Gasteiger charge is -2.12. The maximum Gasteiger partial charge on any atom is 0.392 e. The SMILES string of the molecule is C=[CH][Mg][CH2][Si](C)(C)C. The van der Waals surface area contributed by atoms with Crippen LogP contribution >= 0.6 is 0 Å². The van der Waals surface area contributed by atoms with Crippen molar-refractivity contribution in [2.75, 3.05) is 0 Å². The molecule has 44 valence electrons. The average Bonchev–Trinajstić information content (AvgIpc) is 1.59. The summed E-state index contributed by atoms with van der Waals surface area (Å²) >= 11 is 0.143. The largest absolute Gasteiger partial charge is 0.392 e. The second-order valence-electron chi connectivity index (χ2n) is 3.39. The Hall–Kier alpha value is 0.723. The summed E-state index contributed by atoms with van der Waals surface area (Å²) in [7, 11) is -0.688. The highest BCUT2D eigenvalue weighted by Gasteiger charge is 2.10. The second kappa shape index (κ2) is 3.69. The number of hydrogen-bond acceptors (Lipinski definition) is 0. The van der Waals surface area contributed by atoms with E-state index >= 15 is 0 Å². The Bertz CT molecular complexity index is 73.1. The summed E-state index contributed by atoms with van der Waals surface area (Å²) in [5, 5.41) is 0. The van der Waals surface area contributed by atoms with E-state index in [9.17, 15) is 0 Å². The van der Waals surface area contributed by atoms with Gasteiger partial charge in [0.25, 0.3) is 0 Å². The number of rotatable bonds is 3. The molecule has 0 atom stereocenters. The van der Waals surface area contributed by atoms with Crippen LogP contribution in [0.4, 0.5) is 0 Å². The molecule has 0 aliphatic carbocycles. The molecule has 0 nitrogen and oxygen atoms in total. The molecule has 0 aromatic heterocycles. The van der Waals surface area contributed by atoms with Crippen molar-refractivity contribution in [1.29, 1.82) is 0 Å². The van der Waals surface area contributed by atoms with Gasteiger partial charge in [-0.25, -0.2) is 4.21 Å². The zero-order valence-electron chi connectivity index (χ0n) is 6.20. The van der Waals surface area contributed by atoms with E-state index in [1.807, 2.05) is 0 Å². The molecule has 0 heterocycles. The van der Waals surface area contributed by atoms with Crippen molar-refractivity contribution in [2.24, 2.45) is 0 Å². The van der Waals surface area contributed by atoms with Gasteiger partial charge in [-0.05, 0) is 0 Å². The van der Waals surface area contributed by atoms with E-state index in [4.69, 9.17) is 0 Å². The molecule has 0 unspecified atom stereocenters. The lowest BCUT2D eigenvalue weighted by atomic mass is 11.3. The standard InChI is InChI=1S/C4H11Si.C2H3.Mg/c1-5(2,3)4;1-2;/h1H2,2-4H3;1H,2H2;. The summed E-state index contributed by atoms with van der Waals surface area (Å²) in [5.74, 6) is 0. The van der Waals surface area contributed by atoms with E-state index in [-0.39, 0.29) is 20.4 Å². The van der Waals surface area contributed by atoms with E-state index < -0.39 is 8.07 Å². The quantitative estimate of drug-likeness (QED) is 0.524. The van der Waals surface area contributed by atoms with Crippen molar-refractivity contribution in [3.63, 3.8) is 0 Å². The Kier molecular flexibility index (Phi) is 4.03. The van der Waals surface area contributed by atoms with Crippen LogP contribution in [-0.4, -0.2) is 28.4 Å². The minimum Gasteiger partial charge on any atom is -0.214 e. The Morgan fingerprint density at radius 2 is 2.00 bits per heavy atom. The minimum absolute atomic E-state index is 0.143. The van der Waals surface area contributed by atoms with Crippen LogP contribution in [0, 0.1) is 0 Å². The molecular formula is C6H14MgSi. The van der Waals surface area contributed by atoms with Gasteiger partial charge in [-0.15, -0.1) is 10.8 Å². The fraction of sp³-hybridized carbons (Fsp3) is 0.667. The van der Waals surface area contributed by atoms with Crippen LogP contribution in [0.25, 0.3) is 0 Å². The molecule has 0 saturated heterocycles. The van der Waals surface area contributed by atoms with Gasteiger partial charge in [-0.1, -0.05) is 19.6 Å². The van der Waals surface area contributed by atoms with Crippen molar-refractivity contribution in [3.8, 4) is 0 Å². The Labute approximate surface area is 63.1 Å². The van der Waals surface area contributed by atoms with E-state index in [1.54, 1.807) is 0 Å². The van der Waals surface area contributed by atoms with Crippen molar-refractivity contribution in [2.45, 2.75) is 23.8 Å². The van der Waals surface area contributed by atoms with Crippen molar-refractivity contribution >= 4 is 28.4 Å². The molecule has 0 rings (SSSR count). The van der Waals surface area contributed by atoms with Gasteiger partial charge in [0.2, 0.25) is 0 Å². The predicted octanol–water partition coefficient (Wildman–Crippen LogP) is 2.13. The van der Waals surface area contributed by atoms with Gasteiger partial charge in [0.1, 0.15) is 0 Å². The van der Waals surface area contributed by atoms with Gasteiger partial charge >= 0.3 is 20.4 Å². The zero-order valence-corrected chi connectivity index (χ0v) is 8.61. The van der Waals surface area contributed by atoms with Crippen LogP contribution < -0.4 is 0 Å². The maximum atomic E-state index is 3.75. The fourth-order valence-corrected chi connectivity index (χ4v) is 4.82. The molecule has 8 heavy (non-hydrogen) atoms. The lowest BCUT2D eigenvalue weighted by molar-refractivity contribution is 1.64. The van der Waals surface area contributed by atoms with Crippen LogP contribution in [0.15, 0.2) is 10.8 Å². The van der Waals surface area contributed by atoms with Crippen LogP contribution in [0.3, 0.4) is 0 Å². The smallest absolute Gasteiger partial charge is 0.214 e. The van der Waals surface area contributed by atoms with Crippen LogP contribution in [-0.2, 0) is 0 Å². The van der Waals surface area contributed by atoms with Crippen molar-refractivity contribution < 1.29 is 0 Å². The highest BCUT2D eigenvalue weighted by atomic mass is 28.3. The van der Waals surface area contributed by atoms with Gasteiger partial charge in [0.05, 0.1) is 0 Å². The minimum atomic E-state index is -0.688. The molecule has 0 N–H and O–H groups in total. The molecule has 0 saturated carbocycles. The van der Waals surface area contributed by atoms with E-state index in [2.05, 4.69) is 30.4 Å². The fourth-order valence-electron chi connectivity index (χ4n) is 0.535. The first-order valence-corrected chi connectivity index (χ1v) is 8.69. The lowest BCUT2D eigenvalue weighted by Crippen LogP contribution is -2.21. The summed E-state index contributed by atoms with van der Waals surface area (Å²) in [6, 6.07) is 0. The van der Waals surface area contributed by atoms with Crippen LogP contribution in [0.1, 0.15) is 0 Å². The van der Waals surface area contributed by atoms with Crippen LogP contribution in [0.2, 0.25) is 23.8 Å². The maximum absolute atomic E-state index is 3.75. The van der Waals surface area contributed by atoms with E-state index in [1.165, 1.54) is 4.17 Å². The third kappa shape index (κ3) is 6.72. The molecule has 0 aromatic rings.